The number of nitrogens with zero attached hydrogens (tertiary/aromatic N) is 2. The minimum atomic E-state index is -1.13. The molecule has 1 atom stereocenters. The highest BCUT2D eigenvalue weighted by atomic mass is 35.5. The zero-order valence-corrected chi connectivity index (χ0v) is 24.4. The molecule has 2 aliphatic rings. The number of hydrogen-bond donors (Lipinski definition) is 1. The van der Waals surface area contributed by atoms with Crippen molar-refractivity contribution >= 4 is 110 Å². The summed E-state index contributed by atoms with van der Waals surface area (Å²) in [5.74, 6) is -1.76. The fraction of sp³-hybridized carbons (Fsp3) is 0.192. The molecule has 196 valence electrons. The Hall–Kier alpha value is -2.21. The lowest BCUT2D eigenvalue weighted by molar-refractivity contribution is -0.145. The molecule has 2 aromatic carbocycles. The van der Waals surface area contributed by atoms with E-state index in [-0.39, 0.29) is 16.6 Å². The molecule has 2 aromatic rings. The summed E-state index contributed by atoms with van der Waals surface area (Å²) in [4.78, 5) is 41.5. The second kappa shape index (κ2) is 12.8. The molecule has 0 aliphatic carbocycles. The number of unbranched alkanes of at least 4 members (excludes halogenated alkanes) is 1. The van der Waals surface area contributed by atoms with Crippen LogP contribution in [0, 0.1) is 0 Å². The van der Waals surface area contributed by atoms with E-state index < -0.39 is 17.9 Å². The van der Waals surface area contributed by atoms with Crippen molar-refractivity contribution in [3.05, 3.63) is 79.5 Å². The predicted octanol–water partition coefficient (Wildman–Crippen LogP) is 6.72. The molecule has 1 unspecified atom stereocenters. The second-order valence-corrected chi connectivity index (χ2v) is 12.6. The highest BCUT2D eigenvalue weighted by Crippen LogP contribution is 2.36. The highest BCUT2D eigenvalue weighted by molar-refractivity contribution is 8.27. The first-order valence-corrected chi connectivity index (χ1v) is 14.6. The van der Waals surface area contributed by atoms with Crippen molar-refractivity contribution in [3.63, 3.8) is 0 Å². The Balaban J connectivity index is 1.35. The molecule has 0 aromatic heterocycles. The van der Waals surface area contributed by atoms with Gasteiger partial charge in [0, 0.05) is 16.6 Å². The SMILES string of the molecule is O=C(O)C(CCCCN1C(=O)C(=Cc2ccc(Cl)cc2)SC1=S)N1C(=O)C(=Cc2ccc(Cl)cc2)SC1=S. The van der Waals surface area contributed by atoms with Crippen molar-refractivity contribution in [1.29, 1.82) is 0 Å². The molecular formula is C26H20Cl2N2O4S4. The fourth-order valence-electron chi connectivity index (χ4n) is 3.83. The van der Waals surface area contributed by atoms with E-state index in [0.29, 0.717) is 43.6 Å². The lowest BCUT2D eigenvalue weighted by atomic mass is 10.1. The van der Waals surface area contributed by atoms with Gasteiger partial charge in [0.1, 0.15) is 14.7 Å². The summed E-state index contributed by atoms with van der Waals surface area (Å²) >= 11 is 24.9. The van der Waals surface area contributed by atoms with Gasteiger partial charge >= 0.3 is 5.97 Å². The molecule has 0 bridgehead atoms. The summed E-state index contributed by atoms with van der Waals surface area (Å²) in [5.41, 5.74) is 1.60. The van der Waals surface area contributed by atoms with Crippen molar-refractivity contribution in [2.75, 3.05) is 6.54 Å². The van der Waals surface area contributed by atoms with Gasteiger partial charge in [-0.15, -0.1) is 0 Å². The van der Waals surface area contributed by atoms with Crippen LogP contribution in [-0.4, -0.2) is 53.9 Å². The number of aliphatic carboxylic acids is 1. The van der Waals surface area contributed by atoms with E-state index in [1.54, 1.807) is 48.6 Å². The summed E-state index contributed by atoms with van der Waals surface area (Å²) in [5, 5.41) is 11.0. The summed E-state index contributed by atoms with van der Waals surface area (Å²) in [6, 6.07) is 13.0. The van der Waals surface area contributed by atoms with Crippen LogP contribution < -0.4 is 0 Å². The monoisotopic (exact) mass is 622 g/mol. The number of carboxylic acid groups (broad SMARTS) is 1. The third kappa shape index (κ3) is 6.86. The average molecular weight is 624 g/mol. The van der Waals surface area contributed by atoms with Crippen molar-refractivity contribution < 1.29 is 19.5 Å². The summed E-state index contributed by atoms with van der Waals surface area (Å²) in [6.07, 6.45) is 4.59. The quantitative estimate of drug-likeness (QED) is 0.188. The molecule has 2 heterocycles. The molecule has 4 rings (SSSR count). The maximum atomic E-state index is 13.0. The van der Waals surface area contributed by atoms with Crippen LogP contribution in [-0.2, 0) is 14.4 Å². The summed E-state index contributed by atoms with van der Waals surface area (Å²) < 4.78 is 0.654. The molecule has 12 heteroatoms. The first-order valence-electron chi connectivity index (χ1n) is 11.4. The number of thioether (sulfide) groups is 2. The topological polar surface area (TPSA) is 77.9 Å². The molecule has 2 saturated heterocycles. The standard InChI is InChI=1S/C26H20Cl2N2O4S4/c27-17-8-4-15(5-9-17)13-20-22(31)29(25(35)37-20)12-2-1-3-19(24(33)34)30-23(32)21(38-26(30)36)14-16-6-10-18(28)11-7-16/h4-11,13-14,19H,1-3,12H2,(H,33,34). The summed E-state index contributed by atoms with van der Waals surface area (Å²) in [6.45, 7) is 0.351. The van der Waals surface area contributed by atoms with E-state index in [9.17, 15) is 19.5 Å². The van der Waals surface area contributed by atoms with Crippen LogP contribution >= 0.6 is 71.2 Å². The van der Waals surface area contributed by atoms with E-state index in [1.807, 2.05) is 12.1 Å². The number of carbonyl (C=O) groups excluding carboxylic acids is 2. The first kappa shape index (κ1) is 28.8. The van der Waals surface area contributed by atoms with Crippen LogP contribution in [0.4, 0.5) is 0 Å². The van der Waals surface area contributed by atoms with Gasteiger partial charge in [-0.25, -0.2) is 4.79 Å². The summed E-state index contributed by atoms with van der Waals surface area (Å²) in [7, 11) is 0. The van der Waals surface area contributed by atoms with Crippen LogP contribution in [0.15, 0.2) is 58.3 Å². The molecule has 6 nitrogen and oxygen atoms in total. The van der Waals surface area contributed by atoms with Gasteiger partial charge in [-0.05, 0) is 66.8 Å². The van der Waals surface area contributed by atoms with E-state index >= 15 is 0 Å². The van der Waals surface area contributed by atoms with Crippen LogP contribution in [0.2, 0.25) is 10.0 Å². The highest BCUT2D eigenvalue weighted by Gasteiger charge is 2.40. The first-order chi connectivity index (χ1) is 18.1. The molecule has 2 aliphatic heterocycles. The molecular weight excluding hydrogens is 603 g/mol. The zero-order chi connectivity index (χ0) is 27.4. The van der Waals surface area contributed by atoms with Crippen molar-refractivity contribution in [2.24, 2.45) is 0 Å². The third-order valence-electron chi connectivity index (χ3n) is 5.74. The van der Waals surface area contributed by atoms with Crippen LogP contribution in [0.5, 0.6) is 0 Å². The number of rotatable bonds is 9. The van der Waals surface area contributed by atoms with Gasteiger partial charge in [-0.3, -0.25) is 19.4 Å². The maximum Gasteiger partial charge on any atom is 0.326 e. The van der Waals surface area contributed by atoms with E-state index in [0.717, 1.165) is 22.9 Å². The van der Waals surface area contributed by atoms with Crippen molar-refractivity contribution in [3.8, 4) is 0 Å². The van der Waals surface area contributed by atoms with Crippen molar-refractivity contribution in [2.45, 2.75) is 25.3 Å². The van der Waals surface area contributed by atoms with Gasteiger partial charge in [0.05, 0.1) is 9.81 Å². The Labute approximate surface area is 249 Å². The van der Waals surface area contributed by atoms with Crippen LogP contribution in [0.1, 0.15) is 30.4 Å². The Morgan fingerprint density at radius 3 is 1.87 bits per heavy atom. The van der Waals surface area contributed by atoms with Crippen molar-refractivity contribution in [1.82, 2.24) is 9.80 Å². The second-order valence-electron chi connectivity index (χ2n) is 8.34. The largest absolute Gasteiger partial charge is 0.480 e. The minimum Gasteiger partial charge on any atom is -0.480 e. The van der Waals surface area contributed by atoms with Gasteiger partial charge in [0.15, 0.2) is 0 Å². The molecule has 1 N–H and O–H groups in total. The number of halogens is 2. The third-order valence-corrected chi connectivity index (χ3v) is 8.95. The average Bonchev–Trinajstić information content (AvgIpc) is 3.30. The van der Waals surface area contributed by atoms with Gasteiger partial charge < -0.3 is 5.11 Å². The zero-order valence-electron chi connectivity index (χ0n) is 19.6. The smallest absolute Gasteiger partial charge is 0.326 e. The minimum absolute atomic E-state index is 0.186. The molecule has 2 amide bonds. The predicted molar refractivity (Wildman–Crippen MR) is 163 cm³/mol. The van der Waals surface area contributed by atoms with E-state index in [1.165, 1.54) is 21.6 Å². The molecule has 38 heavy (non-hydrogen) atoms. The number of carboxylic acids is 1. The van der Waals surface area contributed by atoms with Gasteiger partial charge in [0.2, 0.25) is 0 Å². The lowest BCUT2D eigenvalue weighted by Gasteiger charge is -2.23. The number of amides is 2. The van der Waals surface area contributed by atoms with E-state index in [4.69, 9.17) is 47.6 Å². The maximum absolute atomic E-state index is 13.0. The van der Waals surface area contributed by atoms with Crippen LogP contribution in [0.25, 0.3) is 12.2 Å². The number of hydrogen-bond acceptors (Lipinski definition) is 7. The molecule has 0 radical (unpaired) electrons. The number of carbonyl (C=O) groups is 3. The van der Waals surface area contributed by atoms with Gasteiger partial charge in [-0.2, -0.15) is 0 Å². The van der Waals surface area contributed by atoms with Gasteiger partial charge in [0.25, 0.3) is 11.8 Å². The van der Waals surface area contributed by atoms with E-state index in [2.05, 4.69) is 0 Å². The molecule has 2 fully saturated rings. The molecule has 0 spiro atoms. The Morgan fingerprint density at radius 2 is 1.34 bits per heavy atom. The Morgan fingerprint density at radius 1 is 0.842 bits per heavy atom. The Bertz CT molecular complexity index is 1360. The lowest BCUT2D eigenvalue weighted by Crippen LogP contribution is -2.44. The number of thiocarbonyl (C=S) groups is 2. The van der Waals surface area contributed by atoms with Crippen LogP contribution in [0.3, 0.4) is 0 Å². The number of benzene rings is 2. The van der Waals surface area contributed by atoms with Gasteiger partial charge in [-0.1, -0.05) is 95.4 Å². The fourth-order valence-corrected chi connectivity index (χ4v) is 6.75. The Kier molecular flexibility index (Phi) is 9.67. The molecule has 0 saturated carbocycles. The normalized spacial score (nSPS) is 18.8.